The normalized spacial score (nSPS) is 14.3. The van der Waals surface area contributed by atoms with E-state index in [-0.39, 0.29) is 0 Å². The smallest absolute Gasteiger partial charge is 0.446 e. The molecule has 0 aromatic carbocycles. The number of thiocarbonyl (C=S) groups is 4. The second-order valence-corrected chi connectivity index (χ2v) is 33.1. The molecule has 0 aromatic rings. The van der Waals surface area contributed by atoms with Crippen LogP contribution < -0.4 is 0 Å². The van der Waals surface area contributed by atoms with Crippen LogP contribution in [0.1, 0.15) is 25.7 Å². The third kappa shape index (κ3) is 29.5. The van der Waals surface area contributed by atoms with Crippen LogP contribution in [-0.4, -0.2) is 132 Å². The first-order valence-electron chi connectivity index (χ1n) is 14.9. The van der Waals surface area contributed by atoms with Crippen LogP contribution in [0.2, 0.25) is 50.4 Å². The molecule has 0 amide bonds. The maximum absolute atomic E-state index is 6.75. The standard InChI is InChI=1S/C20H48N4O8S4Si9/c1-43(2,16-8-12-24-20-36)31-44(3,4)32-45(28-40-25-37-13-5-9-21-17-33,29-41-26-38-14-6-10-22-18-34)30-42-27-39-15-7-11-23-19-35/h5-16,37-42H2,1-4H3. The number of aliphatic imine (C=N–C) groups is 4. The Kier molecular flexibility index (Phi) is 31.4. The van der Waals surface area contributed by atoms with Crippen molar-refractivity contribution in [3.63, 3.8) is 0 Å². The van der Waals surface area contributed by atoms with Gasteiger partial charge in [-0.05, 0) is 125 Å². The topological polar surface area (TPSA) is 123 Å². The average Bonchev–Trinajstić information content (AvgIpc) is 2.98. The van der Waals surface area contributed by atoms with Gasteiger partial charge < -0.3 is 32.9 Å². The lowest BCUT2D eigenvalue weighted by atomic mass is 10.5. The Hall–Kier alpha value is 0.832. The highest BCUT2D eigenvalue weighted by Crippen LogP contribution is 2.25. The molecule has 0 N–H and O–H groups in total. The highest BCUT2D eigenvalue weighted by atomic mass is 32.1. The maximum Gasteiger partial charge on any atom is 0.642 e. The third-order valence-electron chi connectivity index (χ3n) is 5.58. The van der Waals surface area contributed by atoms with Crippen LogP contribution in [0.5, 0.6) is 0 Å². The minimum Gasteiger partial charge on any atom is -0.446 e. The molecule has 0 radical (unpaired) electrons. The van der Waals surface area contributed by atoms with E-state index in [0.29, 0.717) is 26.2 Å². The van der Waals surface area contributed by atoms with E-state index in [9.17, 15) is 0 Å². The number of hydrogen-bond donors (Lipinski definition) is 0. The van der Waals surface area contributed by atoms with Gasteiger partial charge in [0.25, 0.3) is 30.0 Å². The number of rotatable bonds is 32. The zero-order chi connectivity index (χ0) is 33.5. The molecule has 25 heteroatoms. The second-order valence-electron chi connectivity index (χ2n) is 10.5. The Balaban J connectivity index is 5.57. The molecule has 0 aliphatic heterocycles. The molecule has 0 fully saturated rings. The molecule has 0 rings (SSSR count). The molecule has 0 aliphatic carbocycles. The van der Waals surface area contributed by atoms with Crippen molar-refractivity contribution in [3.05, 3.63) is 0 Å². The largest absolute Gasteiger partial charge is 0.642 e. The molecule has 0 unspecified atom stereocenters. The molecule has 0 spiro atoms. The summed E-state index contributed by atoms with van der Waals surface area (Å²) in [5.74, 6) is 0. The molecule has 0 aliphatic rings. The lowest BCUT2D eigenvalue weighted by Gasteiger charge is -2.39. The van der Waals surface area contributed by atoms with Crippen molar-refractivity contribution in [2.24, 2.45) is 20.0 Å². The quantitative estimate of drug-likeness (QED) is 0.0415. The molecule has 0 saturated heterocycles. The minimum absolute atomic E-state index is 0.639. The van der Waals surface area contributed by atoms with Crippen LogP contribution in [0.4, 0.5) is 0 Å². The Labute approximate surface area is 307 Å². The molecule has 12 nitrogen and oxygen atoms in total. The van der Waals surface area contributed by atoms with E-state index in [2.05, 4.69) is 90.4 Å². The van der Waals surface area contributed by atoms with Gasteiger partial charge in [0.1, 0.15) is 29.3 Å². The Morgan fingerprint density at radius 1 is 0.533 bits per heavy atom. The van der Waals surface area contributed by atoms with Gasteiger partial charge in [0.15, 0.2) is 8.32 Å². The molecule has 0 saturated carbocycles. The fourth-order valence-corrected chi connectivity index (χ4v) is 29.5. The van der Waals surface area contributed by atoms with Crippen LogP contribution >= 0.6 is 48.9 Å². The summed E-state index contributed by atoms with van der Waals surface area (Å²) in [5, 5.41) is 9.63. The average molecular weight is 854 g/mol. The zero-order valence-electron chi connectivity index (χ0n) is 26.9. The van der Waals surface area contributed by atoms with Gasteiger partial charge in [-0.1, -0.05) is 0 Å². The molecule has 0 atom stereocenters. The Bertz CT molecular complexity index is 913. The molecule has 45 heavy (non-hydrogen) atoms. The molecule has 0 aromatic heterocycles. The summed E-state index contributed by atoms with van der Waals surface area (Å²) in [7, 11) is -15.2. The van der Waals surface area contributed by atoms with Gasteiger partial charge in [-0.2, -0.15) is 0 Å². The van der Waals surface area contributed by atoms with Crippen molar-refractivity contribution in [1.82, 2.24) is 0 Å². The Morgan fingerprint density at radius 3 is 1.24 bits per heavy atom. The second kappa shape index (κ2) is 30.9. The van der Waals surface area contributed by atoms with Crippen molar-refractivity contribution >= 4 is 155 Å². The zero-order valence-corrected chi connectivity index (χ0v) is 41.7. The predicted octanol–water partition coefficient (Wildman–Crippen LogP) is 0.936. The van der Waals surface area contributed by atoms with E-state index in [1.54, 1.807) is 0 Å². The third-order valence-corrected chi connectivity index (χ3v) is 28.3. The first-order chi connectivity index (χ1) is 21.7. The van der Waals surface area contributed by atoms with Crippen molar-refractivity contribution < 1.29 is 32.9 Å². The van der Waals surface area contributed by atoms with Gasteiger partial charge in [0, 0.05) is 26.2 Å². The van der Waals surface area contributed by atoms with Gasteiger partial charge in [0.2, 0.25) is 0 Å². The van der Waals surface area contributed by atoms with Gasteiger partial charge >= 0.3 is 17.6 Å². The van der Waals surface area contributed by atoms with Gasteiger partial charge in [-0.15, -0.1) is 0 Å². The Morgan fingerprint density at radius 2 is 0.889 bits per heavy atom. The fourth-order valence-electron chi connectivity index (χ4n) is 3.72. The number of isothiocyanates is 4. The van der Waals surface area contributed by atoms with E-state index < -0.39 is 85.2 Å². The van der Waals surface area contributed by atoms with Crippen molar-refractivity contribution in [3.8, 4) is 0 Å². The summed E-state index contributed by atoms with van der Waals surface area (Å²) in [4.78, 5) is 15.9. The van der Waals surface area contributed by atoms with E-state index >= 15 is 0 Å². The highest BCUT2D eigenvalue weighted by molar-refractivity contribution is 7.78. The SMILES string of the molecule is C[Si](C)(CCCN=C=S)O[Si](C)(C)O[Si](O[SiH2]O[SiH2]CCCN=C=S)(O[SiH2]O[SiH2]CCCN=C=S)O[SiH2]O[SiH2]CCCN=C=S. The van der Waals surface area contributed by atoms with Gasteiger partial charge in [-0.25, -0.2) is 20.0 Å². The first-order valence-corrected chi connectivity index (χ1v) is 32.3. The van der Waals surface area contributed by atoms with Crippen LogP contribution in [0.25, 0.3) is 0 Å². The summed E-state index contributed by atoms with van der Waals surface area (Å²) >= 11 is 18.6. The number of nitrogens with zero attached hydrogens (tertiary/aromatic N) is 4. The first kappa shape index (κ1) is 45.8. The summed E-state index contributed by atoms with van der Waals surface area (Å²) < 4.78 is 50.9. The summed E-state index contributed by atoms with van der Waals surface area (Å²) in [6.45, 7) is 11.0. The van der Waals surface area contributed by atoms with Crippen LogP contribution in [0.15, 0.2) is 20.0 Å². The molecule has 0 heterocycles. The highest BCUT2D eigenvalue weighted by Gasteiger charge is 2.51. The van der Waals surface area contributed by atoms with Gasteiger partial charge in [-0.3, -0.25) is 0 Å². The van der Waals surface area contributed by atoms with E-state index in [4.69, 9.17) is 45.1 Å². The van der Waals surface area contributed by atoms with E-state index in [0.717, 1.165) is 49.9 Å². The van der Waals surface area contributed by atoms with E-state index in [1.807, 2.05) is 13.1 Å². The molecular formula is C20H48N4O8S4Si9. The monoisotopic (exact) mass is 852 g/mol. The van der Waals surface area contributed by atoms with Crippen molar-refractivity contribution in [1.29, 1.82) is 0 Å². The van der Waals surface area contributed by atoms with Crippen LogP contribution in [-0.2, 0) is 32.9 Å². The maximum atomic E-state index is 6.75. The molecular weight excluding hydrogens is 805 g/mol. The van der Waals surface area contributed by atoms with Crippen molar-refractivity contribution in [2.75, 3.05) is 26.2 Å². The molecule has 256 valence electrons. The predicted molar refractivity (Wildman–Crippen MR) is 218 cm³/mol. The summed E-state index contributed by atoms with van der Waals surface area (Å²) in [5.41, 5.74) is 0. The van der Waals surface area contributed by atoms with E-state index in [1.165, 1.54) is 0 Å². The van der Waals surface area contributed by atoms with Crippen molar-refractivity contribution in [2.45, 2.75) is 76.0 Å². The van der Waals surface area contributed by atoms with Crippen LogP contribution in [0, 0.1) is 0 Å². The minimum atomic E-state index is -3.65. The summed E-state index contributed by atoms with van der Waals surface area (Å²) in [6.07, 6.45) is 3.63. The number of hydrogen-bond acceptors (Lipinski definition) is 16. The fraction of sp³-hybridized carbons (Fsp3) is 0.800. The lowest BCUT2D eigenvalue weighted by Crippen LogP contribution is -2.61. The van der Waals surface area contributed by atoms with Crippen LogP contribution in [0.3, 0.4) is 0 Å². The lowest BCUT2D eigenvalue weighted by molar-refractivity contribution is 0.131. The van der Waals surface area contributed by atoms with Gasteiger partial charge in [0.05, 0.1) is 20.6 Å². The molecule has 0 bridgehead atoms. The summed E-state index contributed by atoms with van der Waals surface area (Å²) in [6, 6.07) is 3.82.